The second kappa shape index (κ2) is 12.9. The summed E-state index contributed by atoms with van der Waals surface area (Å²) in [5.74, 6) is 0.577. The van der Waals surface area contributed by atoms with Crippen LogP contribution in [0.3, 0.4) is 0 Å². The number of amides is 1. The molecule has 0 aromatic heterocycles. The maximum atomic E-state index is 13.5. The smallest absolute Gasteiger partial charge is 0.407 e. The third-order valence-electron chi connectivity index (χ3n) is 6.95. The molecule has 208 valence electrons. The summed E-state index contributed by atoms with van der Waals surface area (Å²) in [7, 11) is -2.30. The molecule has 0 spiro atoms. The first-order valence-electron chi connectivity index (χ1n) is 13.0. The average molecular weight is 548 g/mol. The Labute approximate surface area is 224 Å². The van der Waals surface area contributed by atoms with Gasteiger partial charge in [-0.1, -0.05) is 37.3 Å². The van der Waals surface area contributed by atoms with Crippen molar-refractivity contribution in [1.82, 2.24) is 9.62 Å². The van der Waals surface area contributed by atoms with Crippen LogP contribution in [-0.4, -0.2) is 76.7 Å². The number of sulfonamides is 1. The molecule has 11 heteroatoms. The summed E-state index contributed by atoms with van der Waals surface area (Å²) in [6.07, 6.45) is 0.445. The van der Waals surface area contributed by atoms with E-state index in [4.69, 9.17) is 24.7 Å². The van der Waals surface area contributed by atoms with E-state index in [-0.39, 0.29) is 36.8 Å². The van der Waals surface area contributed by atoms with Crippen LogP contribution < -0.4 is 15.8 Å². The van der Waals surface area contributed by atoms with Gasteiger partial charge >= 0.3 is 6.09 Å². The third kappa shape index (κ3) is 6.83. The highest BCUT2D eigenvalue weighted by Crippen LogP contribution is 2.33. The van der Waals surface area contributed by atoms with Crippen molar-refractivity contribution in [2.75, 3.05) is 33.4 Å². The van der Waals surface area contributed by atoms with Crippen molar-refractivity contribution in [2.24, 2.45) is 11.7 Å². The molecule has 2 heterocycles. The second-order valence-corrected chi connectivity index (χ2v) is 11.5. The van der Waals surface area contributed by atoms with Crippen LogP contribution in [-0.2, 0) is 30.7 Å². The Balaban J connectivity index is 1.48. The molecule has 2 fully saturated rings. The summed E-state index contributed by atoms with van der Waals surface area (Å²) in [6, 6.07) is 14.6. The Hall–Kier alpha value is -2.70. The van der Waals surface area contributed by atoms with E-state index in [2.05, 4.69) is 5.32 Å². The van der Waals surface area contributed by atoms with Gasteiger partial charge in [0.1, 0.15) is 11.9 Å². The van der Waals surface area contributed by atoms with Crippen LogP contribution in [0.25, 0.3) is 0 Å². The highest BCUT2D eigenvalue weighted by Gasteiger charge is 2.44. The number of rotatable bonds is 12. The first-order valence-corrected chi connectivity index (χ1v) is 14.4. The van der Waals surface area contributed by atoms with Crippen molar-refractivity contribution in [1.29, 1.82) is 0 Å². The number of hydrogen-bond acceptors (Lipinski definition) is 8. The number of nitrogens with one attached hydrogen (secondary N) is 1. The summed E-state index contributed by atoms with van der Waals surface area (Å²) in [4.78, 5) is 13.1. The molecule has 4 rings (SSSR count). The molecule has 10 nitrogen and oxygen atoms in total. The summed E-state index contributed by atoms with van der Waals surface area (Å²) in [5.41, 5.74) is 7.58. The molecule has 0 radical (unpaired) electrons. The van der Waals surface area contributed by atoms with Gasteiger partial charge in [-0.25, -0.2) is 13.2 Å². The molecular formula is C27H37N3O7S. The second-order valence-electron chi connectivity index (χ2n) is 9.61. The van der Waals surface area contributed by atoms with Gasteiger partial charge in [0.05, 0.1) is 37.2 Å². The van der Waals surface area contributed by atoms with Crippen LogP contribution in [0.2, 0.25) is 0 Å². The van der Waals surface area contributed by atoms with Crippen molar-refractivity contribution in [3.63, 3.8) is 0 Å². The zero-order chi connectivity index (χ0) is 27.1. The lowest BCUT2D eigenvalue weighted by Crippen LogP contribution is -2.55. The van der Waals surface area contributed by atoms with E-state index in [1.807, 2.05) is 37.3 Å². The zero-order valence-corrected chi connectivity index (χ0v) is 22.6. The van der Waals surface area contributed by atoms with Gasteiger partial charge in [-0.05, 0) is 49.1 Å². The predicted molar refractivity (Wildman–Crippen MR) is 141 cm³/mol. The van der Waals surface area contributed by atoms with Crippen molar-refractivity contribution in [3.05, 3.63) is 60.2 Å². The molecule has 0 bridgehead atoms. The first-order chi connectivity index (χ1) is 18.3. The third-order valence-corrected chi connectivity index (χ3v) is 8.83. The van der Waals surface area contributed by atoms with Gasteiger partial charge in [0.2, 0.25) is 10.0 Å². The number of nitrogens with two attached hydrogens (primary N) is 1. The Morgan fingerprint density at radius 3 is 2.58 bits per heavy atom. The quantitative estimate of drug-likeness (QED) is 0.415. The lowest BCUT2D eigenvalue weighted by molar-refractivity contribution is -0.0907. The van der Waals surface area contributed by atoms with E-state index in [9.17, 15) is 13.2 Å². The van der Waals surface area contributed by atoms with Crippen molar-refractivity contribution in [2.45, 2.75) is 55.6 Å². The number of alkyl carbamates (subject to hydrolysis) is 1. The van der Waals surface area contributed by atoms with E-state index in [0.29, 0.717) is 25.2 Å². The minimum absolute atomic E-state index is 0.0108. The maximum Gasteiger partial charge on any atom is 0.407 e. The van der Waals surface area contributed by atoms with E-state index >= 15 is 0 Å². The fraction of sp³-hybridized carbons (Fsp3) is 0.519. The van der Waals surface area contributed by atoms with Gasteiger partial charge < -0.3 is 30.0 Å². The topological polar surface area (TPSA) is 129 Å². The van der Waals surface area contributed by atoms with Crippen LogP contribution in [0.4, 0.5) is 4.79 Å². The predicted octanol–water partition coefficient (Wildman–Crippen LogP) is 2.52. The summed E-state index contributed by atoms with van der Waals surface area (Å²) in [6.45, 7) is 3.07. The summed E-state index contributed by atoms with van der Waals surface area (Å²) in [5, 5.41) is 2.91. The highest BCUT2D eigenvalue weighted by atomic mass is 32.2. The zero-order valence-electron chi connectivity index (χ0n) is 21.8. The normalized spacial score (nSPS) is 22.6. The molecule has 0 saturated carbocycles. The summed E-state index contributed by atoms with van der Waals surface area (Å²) < 4.78 is 50.3. The highest BCUT2D eigenvalue weighted by molar-refractivity contribution is 7.89. The number of carbonyl (C=O) groups excluding carboxylic acids is 1. The number of methoxy groups -OCH3 is 1. The molecule has 2 aromatic carbocycles. The molecule has 0 unspecified atom stereocenters. The molecule has 2 aliphatic heterocycles. The number of ether oxygens (including phenoxy) is 4. The van der Waals surface area contributed by atoms with Gasteiger partial charge in [0.15, 0.2) is 6.29 Å². The lowest BCUT2D eigenvalue weighted by atomic mass is 10.00. The minimum Gasteiger partial charge on any atom is -0.497 e. The van der Waals surface area contributed by atoms with Crippen LogP contribution in [0, 0.1) is 5.92 Å². The molecule has 5 atom stereocenters. The van der Waals surface area contributed by atoms with E-state index in [1.165, 1.54) is 23.5 Å². The molecule has 2 saturated heterocycles. The van der Waals surface area contributed by atoms with Gasteiger partial charge in [-0.3, -0.25) is 0 Å². The van der Waals surface area contributed by atoms with Gasteiger partial charge in [0, 0.05) is 19.1 Å². The lowest BCUT2D eigenvalue weighted by Gasteiger charge is -2.30. The Morgan fingerprint density at radius 2 is 1.89 bits per heavy atom. The fourth-order valence-corrected chi connectivity index (χ4v) is 6.44. The molecule has 3 N–H and O–H groups in total. The van der Waals surface area contributed by atoms with E-state index in [0.717, 1.165) is 12.0 Å². The Kier molecular flexibility index (Phi) is 9.61. The molecule has 0 aliphatic carbocycles. The number of benzene rings is 2. The number of nitrogens with zero attached hydrogens (tertiary/aromatic N) is 1. The SMILES string of the molecule is CCCN(C[C@@H](N)[C@H](Cc1ccccc1)NC(=O)O[C@H]1CO[C@H]2OCC[C@H]21)S(=O)(=O)c1ccc(OC)cc1. The van der Waals surface area contributed by atoms with Gasteiger partial charge in [-0.2, -0.15) is 4.31 Å². The standard InChI is InChI=1S/C27H37N3O7S/c1-3-14-30(38(32,33)21-11-9-20(34-2)10-12-21)17-23(28)24(16-19-7-5-4-6-8-19)29-27(31)37-25-18-36-26-22(25)13-15-35-26/h4-12,22-26H,3,13-18,28H2,1-2H3,(H,29,31)/t22-,23+,24-,25-,26+/m0/s1. The number of fused-ring (bicyclic) bond motifs is 1. The summed E-state index contributed by atoms with van der Waals surface area (Å²) >= 11 is 0. The van der Waals surface area contributed by atoms with Crippen molar-refractivity contribution < 1.29 is 32.2 Å². The Morgan fingerprint density at radius 1 is 1.16 bits per heavy atom. The number of carbonyl (C=O) groups is 1. The van der Waals surface area contributed by atoms with Gasteiger partial charge in [0.25, 0.3) is 0 Å². The minimum atomic E-state index is -3.82. The van der Waals surface area contributed by atoms with Crippen LogP contribution in [0.1, 0.15) is 25.3 Å². The van der Waals surface area contributed by atoms with Crippen LogP contribution >= 0.6 is 0 Å². The van der Waals surface area contributed by atoms with Crippen LogP contribution in [0.15, 0.2) is 59.5 Å². The van der Waals surface area contributed by atoms with Gasteiger partial charge in [-0.15, -0.1) is 0 Å². The number of hydrogen-bond donors (Lipinski definition) is 2. The molecule has 38 heavy (non-hydrogen) atoms. The van der Waals surface area contributed by atoms with Crippen LogP contribution in [0.5, 0.6) is 5.75 Å². The molecule has 1 amide bonds. The molecule has 2 aromatic rings. The molecular weight excluding hydrogens is 510 g/mol. The van der Waals surface area contributed by atoms with E-state index < -0.39 is 34.3 Å². The van der Waals surface area contributed by atoms with Crippen molar-refractivity contribution in [3.8, 4) is 5.75 Å². The largest absolute Gasteiger partial charge is 0.497 e. The first kappa shape index (κ1) is 28.3. The van der Waals surface area contributed by atoms with E-state index in [1.54, 1.807) is 12.1 Å². The fourth-order valence-electron chi connectivity index (χ4n) is 4.87. The maximum absolute atomic E-state index is 13.5. The molecule has 2 aliphatic rings. The monoisotopic (exact) mass is 547 g/mol. The van der Waals surface area contributed by atoms with Crippen molar-refractivity contribution >= 4 is 16.1 Å². The Bertz CT molecular complexity index is 1150. The average Bonchev–Trinajstić information content (AvgIpc) is 3.54.